The smallest absolute Gasteiger partial charge is 0.263 e. The lowest BCUT2D eigenvalue weighted by Gasteiger charge is -2.26. The van der Waals surface area contributed by atoms with E-state index in [9.17, 15) is 18.0 Å². The van der Waals surface area contributed by atoms with Gasteiger partial charge in [-0.2, -0.15) is 0 Å². The normalized spacial score (nSPS) is 17.2. The van der Waals surface area contributed by atoms with Crippen molar-refractivity contribution < 1.29 is 13.2 Å². The van der Waals surface area contributed by atoms with Crippen LogP contribution in [0.3, 0.4) is 0 Å². The lowest BCUT2D eigenvalue weighted by atomic mass is 10.1. The number of benzene rings is 1. The first-order chi connectivity index (χ1) is 16.2. The number of carbonyl (C=O) groups excluding carboxylic acids is 1. The lowest BCUT2D eigenvalue weighted by molar-refractivity contribution is -0.129. The number of rotatable bonds is 8. The first-order valence-corrected chi connectivity index (χ1v) is 14.8. The second-order valence-corrected chi connectivity index (χ2v) is 12.3. The summed E-state index contributed by atoms with van der Waals surface area (Å²) in [4.78, 5) is 33.4. The van der Waals surface area contributed by atoms with Crippen molar-refractivity contribution in [3.05, 3.63) is 58.2 Å². The predicted octanol–water partition coefficient (Wildman–Crippen LogP) is 3.75. The van der Waals surface area contributed by atoms with Crippen LogP contribution < -0.4 is 5.56 Å². The molecule has 2 aromatic heterocycles. The SMILES string of the molecule is C=CCn1c(SCC(=O)N(CC)[C@@H]2CCS(=O)(=O)C2)nc2scc(-c3ccc(C)cc3)c2c1=O. The highest BCUT2D eigenvalue weighted by atomic mass is 32.2. The quantitative estimate of drug-likeness (QED) is 0.257. The van der Waals surface area contributed by atoms with Crippen LogP contribution in [0.4, 0.5) is 0 Å². The van der Waals surface area contributed by atoms with Gasteiger partial charge in [0, 0.05) is 30.1 Å². The first-order valence-electron chi connectivity index (χ1n) is 11.1. The molecule has 3 aromatic rings. The Bertz CT molecular complexity index is 1390. The van der Waals surface area contributed by atoms with E-state index < -0.39 is 9.84 Å². The third-order valence-corrected chi connectivity index (χ3v) is 9.55. The molecule has 0 radical (unpaired) electrons. The Morgan fingerprint density at radius 3 is 2.71 bits per heavy atom. The minimum Gasteiger partial charge on any atom is -0.338 e. The molecule has 4 rings (SSSR count). The monoisotopic (exact) mass is 517 g/mol. The Labute approximate surface area is 207 Å². The fraction of sp³-hybridized carbons (Fsp3) is 0.375. The molecule has 0 aliphatic carbocycles. The van der Waals surface area contributed by atoms with Crippen molar-refractivity contribution in [2.75, 3.05) is 23.8 Å². The molecule has 1 aliphatic rings. The predicted molar refractivity (Wildman–Crippen MR) is 139 cm³/mol. The van der Waals surface area contributed by atoms with Crippen LogP contribution in [0.2, 0.25) is 0 Å². The Balaban J connectivity index is 1.63. The number of thiophene rings is 1. The summed E-state index contributed by atoms with van der Waals surface area (Å²) in [5.41, 5.74) is 2.79. The van der Waals surface area contributed by atoms with Gasteiger partial charge in [-0.15, -0.1) is 17.9 Å². The molecular formula is C24H27N3O4S3. The number of carbonyl (C=O) groups is 1. The third kappa shape index (κ3) is 4.99. The van der Waals surface area contributed by atoms with Crippen molar-refractivity contribution in [2.45, 2.75) is 38.0 Å². The molecule has 1 amide bonds. The van der Waals surface area contributed by atoms with Gasteiger partial charge >= 0.3 is 0 Å². The number of fused-ring (bicyclic) bond motifs is 1. The molecule has 34 heavy (non-hydrogen) atoms. The molecule has 10 heteroatoms. The zero-order chi connectivity index (χ0) is 24.5. The maximum absolute atomic E-state index is 13.5. The topological polar surface area (TPSA) is 89.3 Å². The van der Waals surface area contributed by atoms with Crippen LogP contribution >= 0.6 is 23.1 Å². The Morgan fingerprint density at radius 1 is 1.35 bits per heavy atom. The molecule has 180 valence electrons. The van der Waals surface area contributed by atoms with Gasteiger partial charge in [-0.1, -0.05) is 47.7 Å². The minimum atomic E-state index is -3.09. The van der Waals surface area contributed by atoms with Gasteiger partial charge in [0.25, 0.3) is 5.56 Å². The maximum atomic E-state index is 13.5. The van der Waals surface area contributed by atoms with Crippen molar-refractivity contribution >= 4 is 49.1 Å². The molecule has 0 N–H and O–H groups in total. The molecule has 0 spiro atoms. The van der Waals surface area contributed by atoms with Crippen LogP contribution in [0.1, 0.15) is 18.9 Å². The number of sulfone groups is 1. The van der Waals surface area contributed by atoms with Gasteiger partial charge in [-0.25, -0.2) is 13.4 Å². The lowest BCUT2D eigenvalue weighted by Crippen LogP contribution is -2.42. The van der Waals surface area contributed by atoms with Gasteiger partial charge < -0.3 is 4.90 Å². The minimum absolute atomic E-state index is 0.0135. The summed E-state index contributed by atoms with van der Waals surface area (Å²) in [6, 6.07) is 7.73. The summed E-state index contributed by atoms with van der Waals surface area (Å²) in [7, 11) is -3.09. The molecule has 7 nitrogen and oxygen atoms in total. The summed E-state index contributed by atoms with van der Waals surface area (Å²) in [6.45, 7) is 8.36. The molecule has 0 unspecified atom stereocenters. The van der Waals surface area contributed by atoms with Gasteiger partial charge in [0.05, 0.1) is 22.6 Å². The van der Waals surface area contributed by atoms with Crippen LogP contribution in [-0.2, 0) is 21.2 Å². The first kappa shape index (κ1) is 24.7. The summed E-state index contributed by atoms with van der Waals surface area (Å²) in [5.74, 6) is 0.0588. The molecule has 0 bridgehead atoms. The van der Waals surface area contributed by atoms with Crippen LogP contribution in [0, 0.1) is 6.92 Å². The standard InChI is InChI=1S/C24H27N3O4S3/c1-4-11-27-23(29)21-19(17-8-6-16(3)7-9-17)13-32-22(21)25-24(27)33-14-20(28)26(5-2)18-10-12-34(30,31)15-18/h4,6-9,13,18H,1,5,10-12,14-15H2,2-3H3/t18-/m1/s1. The number of amides is 1. The van der Waals surface area contributed by atoms with E-state index >= 15 is 0 Å². The summed E-state index contributed by atoms with van der Waals surface area (Å²) < 4.78 is 25.3. The molecule has 3 heterocycles. The molecule has 1 aliphatic heterocycles. The highest BCUT2D eigenvalue weighted by Crippen LogP contribution is 2.32. The maximum Gasteiger partial charge on any atom is 0.263 e. The highest BCUT2D eigenvalue weighted by molar-refractivity contribution is 7.99. The van der Waals surface area contributed by atoms with Crippen molar-refractivity contribution in [3.63, 3.8) is 0 Å². The molecule has 1 aromatic carbocycles. The fourth-order valence-corrected chi connectivity index (χ4v) is 7.83. The Kier molecular flexibility index (Phi) is 7.30. The van der Waals surface area contributed by atoms with E-state index in [-0.39, 0.29) is 41.3 Å². The fourth-order valence-electron chi connectivity index (χ4n) is 4.22. The van der Waals surface area contributed by atoms with E-state index in [1.54, 1.807) is 15.5 Å². The van der Waals surface area contributed by atoms with E-state index in [1.165, 1.54) is 23.1 Å². The summed E-state index contributed by atoms with van der Waals surface area (Å²) >= 11 is 2.61. The molecule has 1 saturated heterocycles. The largest absolute Gasteiger partial charge is 0.338 e. The van der Waals surface area contributed by atoms with E-state index in [0.717, 1.165) is 16.7 Å². The van der Waals surface area contributed by atoms with E-state index in [0.29, 0.717) is 28.3 Å². The third-order valence-electron chi connectivity index (χ3n) is 5.97. The van der Waals surface area contributed by atoms with Gasteiger partial charge in [0.2, 0.25) is 5.91 Å². The van der Waals surface area contributed by atoms with Crippen LogP contribution in [-0.4, -0.2) is 58.6 Å². The Morgan fingerprint density at radius 2 is 2.09 bits per heavy atom. The number of hydrogen-bond acceptors (Lipinski definition) is 7. The molecular weight excluding hydrogens is 490 g/mol. The van der Waals surface area contributed by atoms with Gasteiger partial charge in [0.15, 0.2) is 15.0 Å². The molecule has 1 fully saturated rings. The molecule has 0 saturated carbocycles. The second kappa shape index (κ2) is 10.1. The number of hydrogen-bond donors (Lipinski definition) is 0. The van der Waals surface area contributed by atoms with E-state index in [4.69, 9.17) is 4.98 Å². The second-order valence-electron chi connectivity index (χ2n) is 8.32. The number of aryl methyl sites for hydroxylation is 1. The molecule has 1 atom stereocenters. The zero-order valence-corrected chi connectivity index (χ0v) is 21.6. The average Bonchev–Trinajstić information content (AvgIpc) is 3.38. The van der Waals surface area contributed by atoms with Crippen molar-refractivity contribution in [3.8, 4) is 11.1 Å². The number of allylic oxidation sites excluding steroid dienone is 1. The van der Waals surface area contributed by atoms with Crippen molar-refractivity contribution in [1.82, 2.24) is 14.5 Å². The number of nitrogens with zero attached hydrogens (tertiary/aromatic N) is 3. The van der Waals surface area contributed by atoms with Crippen LogP contribution in [0.25, 0.3) is 21.3 Å². The van der Waals surface area contributed by atoms with Crippen molar-refractivity contribution in [2.24, 2.45) is 0 Å². The van der Waals surface area contributed by atoms with Gasteiger partial charge in [0.1, 0.15) is 4.83 Å². The summed E-state index contributed by atoms with van der Waals surface area (Å²) in [6.07, 6.45) is 2.11. The zero-order valence-electron chi connectivity index (χ0n) is 19.2. The average molecular weight is 518 g/mol. The van der Waals surface area contributed by atoms with E-state index in [1.807, 2.05) is 43.5 Å². The number of thioether (sulfide) groups is 1. The van der Waals surface area contributed by atoms with Crippen LogP contribution in [0.15, 0.2) is 52.3 Å². The van der Waals surface area contributed by atoms with Gasteiger partial charge in [-0.3, -0.25) is 14.2 Å². The summed E-state index contributed by atoms with van der Waals surface area (Å²) in [5, 5.41) is 2.97. The van der Waals surface area contributed by atoms with Crippen molar-refractivity contribution in [1.29, 1.82) is 0 Å². The highest BCUT2D eigenvalue weighted by Gasteiger charge is 2.34. The van der Waals surface area contributed by atoms with Crippen LogP contribution in [0.5, 0.6) is 0 Å². The van der Waals surface area contributed by atoms with E-state index in [2.05, 4.69) is 6.58 Å². The van der Waals surface area contributed by atoms with Gasteiger partial charge in [-0.05, 0) is 25.8 Å². The number of aromatic nitrogens is 2. The Hall–Kier alpha value is -2.43.